The van der Waals surface area contributed by atoms with Crippen molar-refractivity contribution < 1.29 is 4.43 Å². The zero-order valence-electron chi connectivity index (χ0n) is 17.0. The van der Waals surface area contributed by atoms with Gasteiger partial charge in [-0.3, -0.25) is 0 Å². The third kappa shape index (κ3) is 4.59. The molecule has 0 heterocycles. The topological polar surface area (TPSA) is 33.0 Å². The summed E-state index contributed by atoms with van der Waals surface area (Å²) in [7, 11) is -5.14. The highest BCUT2D eigenvalue weighted by atomic mass is 28.4. The van der Waals surface area contributed by atoms with Crippen LogP contribution in [0, 0.1) is 17.2 Å². The Hall–Kier alpha value is 0.101. The van der Waals surface area contributed by atoms with Gasteiger partial charge in [0.2, 0.25) is 0 Å². The van der Waals surface area contributed by atoms with Crippen LogP contribution in [0.2, 0.25) is 63.6 Å². The van der Waals surface area contributed by atoms with Gasteiger partial charge in [0.15, 0.2) is 8.32 Å². The largest absolute Gasteiger partial charge is 0.413 e. The SMILES string of the molecule is C[Si](C)(C)OC(C1CCCCC1)C(C#N)([Si](C)(C)C)[Si](C)(C)C. The Bertz CT molecular complexity index is 417. The molecule has 0 aromatic rings. The summed E-state index contributed by atoms with van der Waals surface area (Å²) in [5.74, 6) is 0.591. The average Bonchev–Trinajstić information content (AvgIpc) is 2.35. The molecule has 1 saturated carbocycles. The lowest BCUT2D eigenvalue weighted by molar-refractivity contribution is 0.0906. The first-order chi connectivity index (χ1) is 10.3. The fourth-order valence-electron chi connectivity index (χ4n) is 4.73. The van der Waals surface area contributed by atoms with E-state index in [-0.39, 0.29) is 10.8 Å². The molecule has 134 valence electrons. The van der Waals surface area contributed by atoms with Gasteiger partial charge in [-0.05, 0) is 38.4 Å². The molecule has 0 spiro atoms. The summed E-state index contributed by atoms with van der Waals surface area (Å²) < 4.78 is 6.67. The lowest BCUT2D eigenvalue weighted by Gasteiger charge is -2.55. The van der Waals surface area contributed by atoms with E-state index in [1.165, 1.54) is 32.1 Å². The molecule has 1 rings (SSSR count). The number of rotatable bonds is 6. The van der Waals surface area contributed by atoms with E-state index in [1.807, 2.05) is 0 Å². The number of hydrogen-bond donors (Lipinski definition) is 0. The van der Waals surface area contributed by atoms with Crippen LogP contribution >= 0.6 is 0 Å². The van der Waals surface area contributed by atoms with Gasteiger partial charge >= 0.3 is 0 Å². The molecule has 2 nitrogen and oxygen atoms in total. The molecule has 1 fully saturated rings. The molecule has 1 unspecified atom stereocenters. The Labute approximate surface area is 148 Å². The summed E-state index contributed by atoms with van der Waals surface area (Å²) in [6.07, 6.45) is 6.67. The van der Waals surface area contributed by atoms with E-state index in [0.29, 0.717) is 5.92 Å². The van der Waals surface area contributed by atoms with Crippen LogP contribution in [-0.4, -0.2) is 30.6 Å². The summed E-state index contributed by atoms with van der Waals surface area (Å²) >= 11 is 0. The zero-order valence-corrected chi connectivity index (χ0v) is 20.0. The molecule has 0 aliphatic heterocycles. The van der Waals surface area contributed by atoms with Crippen LogP contribution in [0.5, 0.6) is 0 Å². The van der Waals surface area contributed by atoms with E-state index >= 15 is 0 Å². The van der Waals surface area contributed by atoms with Crippen molar-refractivity contribution in [3.8, 4) is 6.07 Å². The molecule has 1 atom stereocenters. The first-order valence-electron chi connectivity index (χ1n) is 9.35. The Morgan fingerprint density at radius 3 is 1.61 bits per heavy atom. The first-order valence-corrected chi connectivity index (χ1v) is 19.8. The molecule has 23 heavy (non-hydrogen) atoms. The van der Waals surface area contributed by atoms with E-state index in [0.717, 1.165) is 0 Å². The van der Waals surface area contributed by atoms with Crippen molar-refractivity contribution in [1.82, 2.24) is 0 Å². The average molecular weight is 370 g/mol. The van der Waals surface area contributed by atoms with E-state index in [1.54, 1.807) is 0 Å². The van der Waals surface area contributed by atoms with E-state index in [2.05, 4.69) is 65.0 Å². The standard InChI is InChI=1S/C18H39NOSi3/c1-21(2,3)18(15-19,22(4,5)6)17(20-23(7,8)9)16-13-11-10-12-14-16/h16-17H,10-14H2,1-9H3. The van der Waals surface area contributed by atoms with Crippen LogP contribution in [0.3, 0.4) is 0 Å². The maximum Gasteiger partial charge on any atom is 0.184 e. The summed E-state index contributed by atoms with van der Waals surface area (Å²) in [6.45, 7) is 21.3. The monoisotopic (exact) mass is 369 g/mol. The van der Waals surface area contributed by atoms with Crippen molar-refractivity contribution in [2.24, 2.45) is 5.92 Å². The minimum Gasteiger partial charge on any atom is -0.413 e. The maximum atomic E-state index is 10.5. The van der Waals surface area contributed by atoms with Gasteiger partial charge in [-0.25, -0.2) is 0 Å². The second-order valence-electron chi connectivity index (χ2n) is 10.5. The number of hydrogen-bond acceptors (Lipinski definition) is 2. The van der Waals surface area contributed by atoms with Crippen molar-refractivity contribution >= 4 is 24.5 Å². The number of nitriles is 1. The van der Waals surface area contributed by atoms with Crippen molar-refractivity contribution in [2.75, 3.05) is 0 Å². The Balaban J connectivity index is 3.46. The van der Waals surface area contributed by atoms with Gasteiger partial charge in [0, 0.05) is 0 Å². The highest BCUT2D eigenvalue weighted by molar-refractivity contribution is 7.00. The van der Waals surface area contributed by atoms with Gasteiger partial charge in [0.1, 0.15) is 0 Å². The van der Waals surface area contributed by atoms with Gasteiger partial charge in [0.25, 0.3) is 0 Å². The molecule has 0 radical (unpaired) electrons. The van der Waals surface area contributed by atoms with Crippen molar-refractivity contribution in [3.63, 3.8) is 0 Å². The molecular formula is C18H39NOSi3. The summed E-state index contributed by atoms with van der Waals surface area (Å²) in [4.78, 5) is 0. The highest BCUT2D eigenvalue weighted by Gasteiger charge is 2.60. The summed E-state index contributed by atoms with van der Waals surface area (Å²) in [6, 6.07) is 2.94. The molecule has 0 amide bonds. The van der Waals surface area contributed by atoms with E-state index in [4.69, 9.17) is 4.43 Å². The van der Waals surface area contributed by atoms with Crippen LogP contribution < -0.4 is 0 Å². The lowest BCUT2D eigenvalue weighted by atomic mass is 9.84. The normalized spacial score (nSPS) is 20.2. The van der Waals surface area contributed by atoms with Crippen LogP contribution in [-0.2, 0) is 4.43 Å². The molecule has 0 N–H and O–H groups in total. The van der Waals surface area contributed by atoms with Gasteiger partial charge < -0.3 is 4.43 Å². The smallest absolute Gasteiger partial charge is 0.184 e. The molecule has 5 heteroatoms. The fourth-order valence-corrected chi connectivity index (χ4v) is 18.1. The second-order valence-corrected chi connectivity index (χ2v) is 26.0. The molecule has 1 aliphatic rings. The second kappa shape index (κ2) is 7.15. The van der Waals surface area contributed by atoms with E-state index in [9.17, 15) is 5.26 Å². The third-order valence-electron chi connectivity index (χ3n) is 5.53. The Morgan fingerprint density at radius 1 is 0.870 bits per heavy atom. The molecule has 0 aromatic carbocycles. The van der Waals surface area contributed by atoms with Crippen molar-refractivity contribution in [2.45, 2.75) is 102 Å². The molecule has 0 saturated heterocycles. The Morgan fingerprint density at radius 2 is 1.30 bits per heavy atom. The van der Waals surface area contributed by atoms with Gasteiger partial charge in [-0.2, -0.15) is 5.26 Å². The minimum atomic E-state index is -1.72. The first kappa shape index (κ1) is 21.1. The quantitative estimate of drug-likeness (QED) is 0.517. The van der Waals surface area contributed by atoms with Crippen LogP contribution in [0.15, 0.2) is 0 Å². The van der Waals surface area contributed by atoms with Crippen LogP contribution in [0.1, 0.15) is 32.1 Å². The fraction of sp³-hybridized carbons (Fsp3) is 0.944. The molecular weight excluding hydrogens is 330 g/mol. The summed E-state index contributed by atoms with van der Waals surface area (Å²) in [5, 5.41) is 10.5. The minimum absolute atomic E-state index is 0.165. The highest BCUT2D eigenvalue weighted by Crippen LogP contribution is 2.54. The van der Waals surface area contributed by atoms with Crippen LogP contribution in [0.4, 0.5) is 0 Å². The zero-order chi connectivity index (χ0) is 18.1. The van der Waals surface area contributed by atoms with Crippen LogP contribution in [0.25, 0.3) is 0 Å². The van der Waals surface area contributed by atoms with Crippen molar-refractivity contribution in [1.29, 1.82) is 5.26 Å². The van der Waals surface area contributed by atoms with E-state index < -0.39 is 24.5 Å². The predicted molar refractivity (Wildman–Crippen MR) is 110 cm³/mol. The van der Waals surface area contributed by atoms with Crippen molar-refractivity contribution in [3.05, 3.63) is 0 Å². The Kier molecular flexibility index (Phi) is 6.57. The van der Waals surface area contributed by atoms with Gasteiger partial charge in [-0.15, -0.1) is 0 Å². The molecule has 1 aliphatic carbocycles. The third-order valence-corrected chi connectivity index (χ3v) is 16.5. The maximum absolute atomic E-state index is 10.5. The predicted octanol–water partition coefficient (Wildman–Crippen LogP) is 6.27. The number of nitrogens with zero attached hydrogens (tertiary/aromatic N) is 1. The summed E-state index contributed by atoms with van der Waals surface area (Å²) in [5.41, 5.74) is 0. The lowest BCUT2D eigenvalue weighted by Crippen LogP contribution is -2.63. The molecule has 0 bridgehead atoms. The van der Waals surface area contributed by atoms with Gasteiger partial charge in [0.05, 0.1) is 33.0 Å². The molecule has 0 aromatic heterocycles. The van der Waals surface area contributed by atoms with Gasteiger partial charge in [-0.1, -0.05) is 58.5 Å².